The van der Waals surface area contributed by atoms with Gasteiger partial charge in [-0.3, -0.25) is 9.59 Å². The van der Waals surface area contributed by atoms with Gasteiger partial charge in [-0.25, -0.2) is 9.67 Å². The summed E-state index contributed by atoms with van der Waals surface area (Å²) in [5.41, 5.74) is 2.62. The molecule has 1 aromatic carbocycles. The zero-order valence-corrected chi connectivity index (χ0v) is 15.3. The van der Waals surface area contributed by atoms with Crippen molar-refractivity contribution >= 4 is 11.8 Å². The van der Waals surface area contributed by atoms with Crippen molar-refractivity contribution in [3.63, 3.8) is 0 Å². The minimum atomic E-state index is -0.224. The Morgan fingerprint density at radius 2 is 1.93 bits per heavy atom. The number of pyridine rings is 1. The second kappa shape index (κ2) is 8.27. The predicted molar refractivity (Wildman–Crippen MR) is 102 cm³/mol. The first-order chi connectivity index (χ1) is 13.1. The summed E-state index contributed by atoms with van der Waals surface area (Å²) in [5.74, 6) is 0.306. The summed E-state index contributed by atoms with van der Waals surface area (Å²) in [4.78, 5) is 28.7. The normalized spacial score (nSPS) is 10.4. The fraction of sp³-hybridized carbons (Fsp3) is 0.200. The molecule has 2 amide bonds. The van der Waals surface area contributed by atoms with Gasteiger partial charge in [0, 0.05) is 24.8 Å². The predicted octanol–water partition coefficient (Wildman–Crippen LogP) is 2.26. The lowest BCUT2D eigenvalue weighted by Crippen LogP contribution is -2.25. The van der Waals surface area contributed by atoms with Crippen LogP contribution in [0.1, 0.15) is 38.9 Å². The lowest BCUT2D eigenvalue weighted by molar-refractivity contribution is 0.0946. The van der Waals surface area contributed by atoms with Gasteiger partial charge in [0.15, 0.2) is 5.82 Å². The number of hydrogen-bond acceptors (Lipinski definition) is 4. The second-order valence-electron chi connectivity index (χ2n) is 5.99. The number of aromatic nitrogens is 3. The molecule has 7 nitrogen and oxygen atoms in total. The number of hydrogen-bond donors (Lipinski definition) is 2. The molecule has 3 aromatic rings. The molecule has 0 bridgehead atoms. The molecule has 2 aromatic heterocycles. The van der Waals surface area contributed by atoms with Crippen molar-refractivity contribution < 1.29 is 9.59 Å². The van der Waals surface area contributed by atoms with E-state index in [0.717, 1.165) is 5.56 Å². The molecule has 0 aliphatic rings. The minimum absolute atomic E-state index is 0.127. The van der Waals surface area contributed by atoms with E-state index in [0.29, 0.717) is 35.7 Å². The van der Waals surface area contributed by atoms with Gasteiger partial charge in [-0.05, 0) is 43.7 Å². The zero-order chi connectivity index (χ0) is 19.2. The third-order valence-electron chi connectivity index (χ3n) is 4.10. The molecule has 0 atom stereocenters. The maximum Gasteiger partial charge on any atom is 0.255 e. The van der Waals surface area contributed by atoms with Crippen molar-refractivity contribution in [3.05, 3.63) is 77.2 Å². The molecule has 7 heteroatoms. The summed E-state index contributed by atoms with van der Waals surface area (Å²) in [6, 6.07) is 12.7. The number of amides is 2. The second-order valence-corrected chi connectivity index (χ2v) is 5.99. The summed E-state index contributed by atoms with van der Waals surface area (Å²) in [6.07, 6.45) is 3.21. The summed E-state index contributed by atoms with van der Waals surface area (Å²) >= 11 is 0. The molecule has 0 saturated carbocycles. The summed E-state index contributed by atoms with van der Waals surface area (Å²) in [5, 5.41) is 9.90. The number of carbonyl (C=O) groups is 2. The highest BCUT2D eigenvalue weighted by molar-refractivity contribution is 5.95. The first-order valence-corrected chi connectivity index (χ1v) is 8.71. The van der Waals surface area contributed by atoms with Crippen LogP contribution in [0.25, 0.3) is 5.82 Å². The fourth-order valence-corrected chi connectivity index (χ4v) is 2.71. The van der Waals surface area contributed by atoms with Crippen LogP contribution in [0.4, 0.5) is 0 Å². The third-order valence-corrected chi connectivity index (χ3v) is 4.10. The molecule has 0 spiro atoms. The van der Waals surface area contributed by atoms with Gasteiger partial charge >= 0.3 is 0 Å². The number of benzene rings is 1. The topological polar surface area (TPSA) is 88.9 Å². The van der Waals surface area contributed by atoms with Gasteiger partial charge in [-0.2, -0.15) is 5.10 Å². The van der Waals surface area contributed by atoms with Crippen LogP contribution in [-0.4, -0.2) is 33.1 Å². The van der Waals surface area contributed by atoms with Crippen LogP contribution in [0, 0.1) is 6.92 Å². The largest absolute Gasteiger partial charge is 0.352 e. The highest BCUT2D eigenvalue weighted by Crippen LogP contribution is 2.12. The molecule has 3 rings (SSSR count). The van der Waals surface area contributed by atoms with Crippen LogP contribution in [0.2, 0.25) is 0 Å². The van der Waals surface area contributed by atoms with Crippen LogP contribution in [0.5, 0.6) is 0 Å². The summed E-state index contributed by atoms with van der Waals surface area (Å²) in [7, 11) is 0. The Balaban J connectivity index is 1.69. The zero-order valence-electron chi connectivity index (χ0n) is 15.3. The van der Waals surface area contributed by atoms with Gasteiger partial charge in [0.25, 0.3) is 11.8 Å². The molecule has 0 aliphatic heterocycles. The lowest BCUT2D eigenvalue weighted by atomic mass is 10.1. The van der Waals surface area contributed by atoms with Crippen molar-refractivity contribution in [3.8, 4) is 5.82 Å². The highest BCUT2D eigenvalue weighted by atomic mass is 16.2. The Labute approximate surface area is 157 Å². The quantitative estimate of drug-likeness (QED) is 0.703. The van der Waals surface area contributed by atoms with Crippen LogP contribution in [-0.2, 0) is 6.54 Å². The molecule has 0 fully saturated rings. The van der Waals surface area contributed by atoms with Crippen LogP contribution in [0.15, 0.2) is 54.9 Å². The summed E-state index contributed by atoms with van der Waals surface area (Å²) < 4.78 is 1.63. The molecule has 138 valence electrons. The van der Waals surface area contributed by atoms with Crippen molar-refractivity contribution in [2.24, 2.45) is 0 Å². The minimum Gasteiger partial charge on any atom is -0.352 e. The van der Waals surface area contributed by atoms with E-state index in [1.54, 1.807) is 29.1 Å². The van der Waals surface area contributed by atoms with Crippen molar-refractivity contribution in [1.82, 2.24) is 25.4 Å². The molecule has 0 unspecified atom stereocenters. The van der Waals surface area contributed by atoms with E-state index in [4.69, 9.17) is 0 Å². The van der Waals surface area contributed by atoms with Gasteiger partial charge in [0.2, 0.25) is 0 Å². The first-order valence-electron chi connectivity index (χ1n) is 8.71. The Hall–Kier alpha value is -3.48. The Bertz CT molecular complexity index is 950. The number of rotatable bonds is 6. The van der Waals surface area contributed by atoms with Crippen molar-refractivity contribution in [2.45, 2.75) is 20.4 Å². The maximum absolute atomic E-state index is 12.5. The van der Waals surface area contributed by atoms with Crippen LogP contribution in [0.3, 0.4) is 0 Å². The first kappa shape index (κ1) is 18.3. The number of carbonyl (C=O) groups excluding carboxylic acids is 2. The molecule has 0 radical (unpaired) electrons. The number of nitrogens with zero attached hydrogens (tertiary/aromatic N) is 3. The number of nitrogens with one attached hydrogen (secondary N) is 2. The van der Waals surface area contributed by atoms with Crippen molar-refractivity contribution in [1.29, 1.82) is 0 Å². The van der Waals surface area contributed by atoms with Crippen molar-refractivity contribution in [2.75, 3.05) is 6.54 Å². The van der Waals surface area contributed by atoms with Gasteiger partial charge in [-0.15, -0.1) is 0 Å². The van der Waals surface area contributed by atoms with E-state index >= 15 is 0 Å². The highest BCUT2D eigenvalue weighted by Gasteiger charge is 2.15. The van der Waals surface area contributed by atoms with E-state index in [2.05, 4.69) is 20.7 Å². The molecular weight excluding hydrogens is 342 g/mol. The van der Waals surface area contributed by atoms with E-state index < -0.39 is 0 Å². The van der Waals surface area contributed by atoms with Gasteiger partial charge in [0.1, 0.15) is 0 Å². The lowest BCUT2D eigenvalue weighted by Gasteiger charge is -2.08. The Morgan fingerprint density at radius 1 is 1.07 bits per heavy atom. The molecule has 2 heterocycles. The molecule has 0 saturated heterocycles. The monoisotopic (exact) mass is 363 g/mol. The van der Waals surface area contributed by atoms with Gasteiger partial charge < -0.3 is 10.6 Å². The molecule has 27 heavy (non-hydrogen) atoms. The fourth-order valence-electron chi connectivity index (χ4n) is 2.71. The summed E-state index contributed by atoms with van der Waals surface area (Å²) in [6.45, 7) is 4.58. The molecule has 2 N–H and O–H groups in total. The van der Waals surface area contributed by atoms with E-state index in [-0.39, 0.29) is 11.8 Å². The Morgan fingerprint density at radius 3 is 2.67 bits per heavy atom. The smallest absolute Gasteiger partial charge is 0.255 e. The van der Waals surface area contributed by atoms with Crippen LogP contribution < -0.4 is 10.6 Å². The van der Waals surface area contributed by atoms with Gasteiger partial charge in [0.05, 0.1) is 17.5 Å². The Kier molecular flexibility index (Phi) is 5.61. The molecular formula is C20H21N5O2. The molecule has 0 aliphatic carbocycles. The van der Waals surface area contributed by atoms with Crippen LogP contribution >= 0.6 is 0 Å². The maximum atomic E-state index is 12.5. The average Bonchev–Trinajstić information content (AvgIpc) is 3.08. The van der Waals surface area contributed by atoms with E-state index in [9.17, 15) is 9.59 Å². The standard InChI is InChI=1S/C20H21N5O2/c1-3-21-19(26)16-8-6-7-15(11-16)12-23-20(27)17-13-24-25(14(17)2)18-9-4-5-10-22-18/h4-11,13H,3,12H2,1-2H3,(H,21,26)(H,23,27). The third kappa shape index (κ3) is 4.20. The van der Waals surface area contributed by atoms with Gasteiger partial charge in [-0.1, -0.05) is 18.2 Å². The van der Waals surface area contributed by atoms with E-state index in [1.807, 2.05) is 38.1 Å². The average molecular weight is 363 g/mol. The SMILES string of the molecule is CCNC(=O)c1cccc(CNC(=O)c2cnn(-c3ccccn3)c2C)c1. The van der Waals surface area contributed by atoms with E-state index in [1.165, 1.54) is 6.20 Å².